The monoisotopic (exact) mass is 316 g/mol. The van der Waals surface area contributed by atoms with Crippen LogP contribution >= 0.6 is 11.6 Å². The molecule has 8 heteroatoms. The minimum absolute atomic E-state index is 0.254. The van der Waals surface area contributed by atoms with Gasteiger partial charge in [0.15, 0.2) is 0 Å². The Hall–Kier alpha value is -2.02. The van der Waals surface area contributed by atoms with Crippen molar-refractivity contribution in [1.29, 1.82) is 0 Å². The summed E-state index contributed by atoms with van der Waals surface area (Å²) in [4.78, 5) is 8.86. The summed E-state index contributed by atoms with van der Waals surface area (Å²) in [6.07, 6.45) is -3.90. The van der Waals surface area contributed by atoms with Gasteiger partial charge in [0, 0.05) is 31.7 Å². The summed E-state index contributed by atoms with van der Waals surface area (Å²) in [5, 5.41) is 2.36. The molecule has 1 aromatic heterocycles. The van der Waals surface area contributed by atoms with E-state index in [0.717, 1.165) is 5.69 Å². The highest BCUT2D eigenvalue weighted by Gasteiger charge is 2.35. The molecule has 0 aliphatic carbocycles. The summed E-state index contributed by atoms with van der Waals surface area (Å²) < 4.78 is 38.6. The standard InChI is InChI=1S/C13H12ClF3N4/c1-21(2)9-5-3-8(4-6-9)19-11-10(13(15,16)17)7-18-12(14)20-11/h3-7H,1-2H3,(H,18,19,20). The van der Waals surface area contributed by atoms with Crippen LogP contribution in [0.1, 0.15) is 5.56 Å². The molecule has 0 aliphatic heterocycles. The zero-order valence-electron chi connectivity index (χ0n) is 11.2. The predicted molar refractivity (Wildman–Crippen MR) is 76.1 cm³/mol. The zero-order valence-corrected chi connectivity index (χ0v) is 12.0. The van der Waals surface area contributed by atoms with Gasteiger partial charge in [-0.1, -0.05) is 0 Å². The lowest BCUT2D eigenvalue weighted by Gasteiger charge is -2.15. The first-order valence-electron chi connectivity index (χ1n) is 5.91. The van der Waals surface area contributed by atoms with Gasteiger partial charge in [-0.05, 0) is 35.9 Å². The van der Waals surface area contributed by atoms with E-state index in [2.05, 4.69) is 15.3 Å². The quantitative estimate of drug-likeness (QED) is 0.870. The van der Waals surface area contributed by atoms with E-state index in [9.17, 15) is 13.2 Å². The summed E-state index contributed by atoms with van der Waals surface area (Å²) in [5.74, 6) is -0.375. The molecular formula is C13H12ClF3N4. The minimum Gasteiger partial charge on any atom is -0.378 e. The third-order valence-corrected chi connectivity index (χ3v) is 2.89. The molecule has 1 aromatic carbocycles. The van der Waals surface area contributed by atoms with Crippen LogP contribution in [0.25, 0.3) is 0 Å². The molecule has 0 aliphatic rings. The van der Waals surface area contributed by atoms with E-state index in [0.29, 0.717) is 11.9 Å². The number of nitrogens with zero attached hydrogens (tertiary/aromatic N) is 3. The molecule has 1 heterocycles. The van der Waals surface area contributed by atoms with Crippen LogP contribution in [-0.2, 0) is 6.18 Å². The average Bonchev–Trinajstić information content (AvgIpc) is 2.38. The third kappa shape index (κ3) is 3.75. The van der Waals surface area contributed by atoms with Crippen molar-refractivity contribution in [3.05, 3.63) is 41.3 Å². The van der Waals surface area contributed by atoms with Crippen molar-refractivity contribution in [2.24, 2.45) is 0 Å². The minimum atomic E-state index is -4.56. The molecule has 0 amide bonds. The number of anilines is 3. The van der Waals surface area contributed by atoms with Gasteiger partial charge in [-0.2, -0.15) is 18.2 Å². The number of aromatic nitrogens is 2. The Balaban J connectivity index is 2.32. The van der Waals surface area contributed by atoms with Crippen molar-refractivity contribution < 1.29 is 13.2 Å². The normalized spacial score (nSPS) is 11.3. The molecule has 0 fully saturated rings. The lowest BCUT2D eigenvalue weighted by Crippen LogP contribution is -2.11. The van der Waals surface area contributed by atoms with Crippen LogP contribution in [0.2, 0.25) is 5.28 Å². The van der Waals surface area contributed by atoms with Gasteiger partial charge in [0.25, 0.3) is 0 Å². The Morgan fingerprint density at radius 2 is 1.76 bits per heavy atom. The highest BCUT2D eigenvalue weighted by Crippen LogP contribution is 2.35. The van der Waals surface area contributed by atoms with Crippen LogP contribution in [0.5, 0.6) is 0 Å². The van der Waals surface area contributed by atoms with Gasteiger partial charge >= 0.3 is 6.18 Å². The van der Waals surface area contributed by atoms with Crippen molar-refractivity contribution in [2.45, 2.75) is 6.18 Å². The first-order valence-corrected chi connectivity index (χ1v) is 6.29. The predicted octanol–water partition coefficient (Wildman–Crippen LogP) is 3.96. The van der Waals surface area contributed by atoms with Crippen LogP contribution < -0.4 is 10.2 Å². The van der Waals surface area contributed by atoms with Gasteiger partial charge in [-0.3, -0.25) is 0 Å². The summed E-state index contributed by atoms with van der Waals surface area (Å²) in [7, 11) is 3.74. The van der Waals surface area contributed by atoms with Crippen LogP contribution in [-0.4, -0.2) is 24.1 Å². The fourth-order valence-corrected chi connectivity index (χ4v) is 1.78. The Morgan fingerprint density at radius 3 is 2.29 bits per heavy atom. The Morgan fingerprint density at radius 1 is 1.14 bits per heavy atom. The lowest BCUT2D eigenvalue weighted by atomic mass is 10.2. The molecule has 1 N–H and O–H groups in total. The number of nitrogens with one attached hydrogen (secondary N) is 1. The molecule has 4 nitrogen and oxygen atoms in total. The maximum Gasteiger partial charge on any atom is 0.421 e. The van der Waals surface area contributed by atoms with Crippen LogP contribution in [0, 0.1) is 0 Å². The van der Waals surface area contributed by atoms with E-state index in [1.807, 2.05) is 19.0 Å². The second-order valence-electron chi connectivity index (χ2n) is 4.47. The van der Waals surface area contributed by atoms with Gasteiger partial charge in [-0.25, -0.2) is 4.98 Å². The number of rotatable bonds is 3. The van der Waals surface area contributed by atoms with Gasteiger partial charge in [0.05, 0.1) is 0 Å². The molecule has 0 spiro atoms. The van der Waals surface area contributed by atoms with Gasteiger partial charge in [-0.15, -0.1) is 0 Å². The first kappa shape index (κ1) is 15.4. The SMILES string of the molecule is CN(C)c1ccc(Nc2nc(Cl)ncc2C(F)(F)F)cc1. The fourth-order valence-electron chi connectivity index (χ4n) is 1.64. The van der Waals surface area contributed by atoms with Crippen LogP contribution in [0.3, 0.4) is 0 Å². The number of alkyl halides is 3. The van der Waals surface area contributed by atoms with Crippen LogP contribution in [0.4, 0.5) is 30.4 Å². The van der Waals surface area contributed by atoms with Gasteiger partial charge in [0.2, 0.25) is 5.28 Å². The summed E-state index contributed by atoms with van der Waals surface area (Å²) in [6, 6.07) is 6.87. The molecule has 0 saturated carbocycles. The van der Waals surface area contributed by atoms with Crippen molar-refractivity contribution in [2.75, 3.05) is 24.3 Å². The van der Waals surface area contributed by atoms with E-state index in [1.54, 1.807) is 24.3 Å². The number of benzene rings is 1. The maximum atomic E-state index is 12.9. The van der Waals surface area contributed by atoms with Gasteiger partial charge in [0.1, 0.15) is 11.4 Å². The third-order valence-electron chi connectivity index (χ3n) is 2.71. The molecule has 0 radical (unpaired) electrons. The number of halogens is 4. The van der Waals surface area contributed by atoms with Crippen molar-refractivity contribution in [3.8, 4) is 0 Å². The van der Waals surface area contributed by atoms with E-state index < -0.39 is 11.7 Å². The topological polar surface area (TPSA) is 41.0 Å². The van der Waals surface area contributed by atoms with E-state index >= 15 is 0 Å². The second kappa shape index (κ2) is 5.77. The van der Waals surface area contributed by atoms with Crippen molar-refractivity contribution in [1.82, 2.24) is 9.97 Å². The highest BCUT2D eigenvalue weighted by molar-refractivity contribution is 6.28. The van der Waals surface area contributed by atoms with Crippen molar-refractivity contribution >= 4 is 28.8 Å². The number of hydrogen-bond acceptors (Lipinski definition) is 4. The molecular weight excluding hydrogens is 305 g/mol. The average molecular weight is 317 g/mol. The maximum absolute atomic E-state index is 12.9. The fraction of sp³-hybridized carbons (Fsp3) is 0.231. The number of hydrogen-bond donors (Lipinski definition) is 1. The highest BCUT2D eigenvalue weighted by atomic mass is 35.5. The Kier molecular flexibility index (Phi) is 4.22. The smallest absolute Gasteiger partial charge is 0.378 e. The van der Waals surface area contributed by atoms with E-state index in [4.69, 9.17) is 11.6 Å². The van der Waals surface area contributed by atoms with Crippen LogP contribution in [0.15, 0.2) is 30.5 Å². The summed E-state index contributed by atoms with van der Waals surface area (Å²) in [6.45, 7) is 0. The molecule has 2 rings (SSSR count). The lowest BCUT2D eigenvalue weighted by molar-refractivity contribution is -0.137. The first-order chi connectivity index (χ1) is 9.77. The molecule has 0 unspecified atom stereocenters. The molecule has 2 aromatic rings. The molecule has 112 valence electrons. The summed E-state index contributed by atoms with van der Waals surface area (Å²) >= 11 is 5.56. The molecule has 0 saturated heterocycles. The molecule has 0 bridgehead atoms. The largest absolute Gasteiger partial charge is 0.421 e. The van der Waals surface area contributed by atoms with E-state index in [1.165, 1.54) is 0 Å². The zero-order chi connectivity index (χ0) is 15.6. The Labute approximate surface area is 124 Å². The molecule has 21 heavy (non-hydrogen) atoms. The van der Waals surface area contributed by atoms with E-state index in [-0.39, 0.29) is 11.1 Å². The van der Waals surface area contributed by atoms with Gasteiger partial charge < -0.3 is 10.2 Å². The van der Waals surface area contributed by atoms with Crippen molar-refractivity contribution in [3.63, 3.8) is 0 Å². The summed E-state index contributed by atoms with van der Waals surface area (Å²) in [5.41, 5.74) is 0.432. The second-order valence-corrected chi connectivity index (χ2v) is 4.80. The molecule has 0 atom stereocenters. The Bertz CT molecular complexity index is 626.